The van der Waals surface area contributed by atoms with Gasteiger partial charge in [0.05, 0.1) is 79.1 Å². The van der Waals surface area contributed by atoms with Gasteiger partial charge in [0.25, 0.3) is 0 Å². The second-order valence-electron chi connectivity index (χ2n) is 12.1. The molecule has 0 atom stereocenters. The molecule has 0 aliphatic carbocycles. The van der Waals surface area contributed by atoms with E-state index in [1.54, 1.807) is 24.3 Å². The van der Waals surface area contributed by atoms with E-state index < -0.39 is 29.3 Å². The third-order valence-corrected chi connectivity index (χ3v) is 8.47. The molecule has 0 aliphatic heterocycles. The molecule has 0 radical (unpaired) electrons. The van der Waals surface area contributed by atoms with Crippen molar-refractivity contribution in [3.8, 4) is 46.0 Å². The number of hydrogen-bond donors (Lipinski definition) is 0. The molecule has 0 bridgehead atoms. The highest BCUT2D eigenvalue weighted by Gasteiger charge is 2.37. The summed E-state index contributed by atoms with van der Waals surface area (Å²) in [4.78, 5) is 49.1. The van der Waals surface area contributed by atoms with E-state index in [0.717, 1.165) is 0 Å². The van der Waals surface area contributed by atoms with Gasteiger partial charge in [-0.1, -0.05) is 0 Å². The van der Waals surface area contributed by atoms with Crippen molar-refractivity contribution < 1.29 is 76.0 Å². The van der Waals surface area contributed by atoms with Crippen LogP contribution >= 0.6 is 0 Å². The van der Waals surface area contributed by atoms with Crippen LogP contribution in [0.4, 0.5) is 0 Å². The Balaban J connectivity index is 1.81. The summed E-state index contributed by atoms with van der Waals surface area (Å²) in [6.45, 7) is -0.688. The van der Waals surface area contributed by atoms with E-state index in [-0.39, 0.29) is 94.7 Å². The lowest BCUT2D eigenvalue weighted by Crippen LogP contribution is -2.45. The highest BCUT2D eigenvalue weighted by molar-refractivity contribution is 5.91. The number of hydrogen-bond acceptors (Lipinski definition) is 16. The lowest BCUT2D eigenvalue weighted by molar-refractivity contribution is -0.00578. The van der Waals surface area contributed by atoms with Gasteiger partial charge in [0.15, 0.2) is 46.0 Å². The highest BCUT2D eigenvalue weighted by Crippen LogP contribution is 2.37. The van der Waals surface area contributed by atoms with Gasteiger partial charge in [-0.3, -0.25) is 0 Å². The van der Waals surface area contributed by atoms with Crippen molar-refractivity contribution in [2.45, 2.75) is 0 Å². The molecule has 0 spiro atoms. The Labute approximate surface area is 329 Å². The van der Waals surface area contributed by atoms with Crippen LogP contribution in [0.15, 0.2) is 72.8 Å². The average Bonchev–Trinajstić information content (AvgIpc) is 3.26. The summed E-state index contributed by atoms with van der Waals surface area (Å²) < 4.78 is 67.2. The molecule has 0 aromatic heterocycles. The molecule has 0 fully saturated rings. The average molecular weight is 793 g/mol. The Morgan fingerprint density at radius 1 is 0.351 bits per heavy atom. The summed E-state index contributed by atoms with van der Waals surface area (Å²) in [5.41, 5.74) is -0.326. The Bertz CT molecular complexity index is 1750. The summed E-state index contributed by atoms with van der Waals surface area (Å²) >= 11 is 0. The van der Waals surface area contributed by atoms with Crippen molar-refractivity contribution in [2.24, 2.45) is 5.41 Å². The smallest absolute Gasteiger partial charge is 0.337 e. The van der Waals surface area contributed by atoms with E-state index in [4.69, 9.17) is 56.8 Å². The predicted molar refractivity (Wildman–Crippen MR) is 202 cm³/mol. The van der Waals surface area contributed by atoms with Gasteiger partial charge >= 0.3 is 23.9 Å². The van der Waals surface area contributed by atoms with Crippen LogP contribution in [-0.2, 0) is 18.9 Å². The second kappa shape index (κ2) is 20.2. The fourth-order valence-electron chi connectivity index (χ4n) is 5.30. The quantitative estimate of drug-likeness (QED) is 0.0812. The summed E-state index contributed by atoms with van der Waals surface area (Å²) in [6, 6.07) is 18.2. The standard InChI is InChI=1S/C41H44O16/c1-46-33-17-25(37(42)50-5)9-13-29(33)54-21-41(22-55-30-14-10-26(38(43)51-6)18-34(30)47-2,23-56-31-15-11-27(39(44)52-7)19-35(31)48-3)24-57-32-16-12-28(40(45)53-8)20-36(32)49-4/h9-20H,21-24H2,1-8H3. The van der Waals surface area contributed by atoms with Crippen molar-refractivity contribution in [3.05, 3.63) is 95.1 Å². The molecule has 4 rings (SSSR count). The number of carbonyl (C=O) groups excluding carboxylic acids is 4. The van der Waals surface area contributed by atoms with E-state index in [2.05, 4.69) is 0 Å². The maximum atomic E-state index is 12.3. The van der Waals surface area contributed by atoms with E-state index in [1.807, 2.05) is 0 Å². The van der Waals surface area contributed by atoms with Crippen LogP contribution in [-0.4, -0.2) is 107 Å². The largest absolute Gasteiger partial charge is 0.493 e. The fourth-order valence-corrected chi connectivity index (χ4v) is 5.30. The van der Waals surface area contributed by atoms with Gasteiger partial charge in [0, 0.05) is 0 Å². The number of ether oxygens (including phenoxy) is 12. The number of methoxy groups -OCH3 is 8. The van der Waals surface area contributed by atoms with Gasteiger partial charge in [-0.15, -0.1) is 0 Å². The number of rotatable bonds is 20. The zero-order valence-corrected chi connectivity index (χ0v) is 32.8. The van der Waals surface area contributed by atoms with Crippen molar-refractivity contribution in [3.63, 3.8) is 0 Å². The topological polar surface area (TPSA) is 179 Å². The molecule has 0 N–H and O–H groups in total. The Kier molecular flexibility index (Phi) is 15.2. The molecule has 304 valence electrons. The van der Waals surface area contributed by atoms with Gasteiger partial charge in [0.1, 0.15) is 31.8 Å². The molecule has 0 saturated carbocycles. The zero-order valence-electron chi connectivity index (χ0n) is 32.8. The molecule has 0 heterocycles. The third-order valence-electron chi connectivity index (χ3n) is 8.47. The van der Waals surface area contributed by atoms with E-state index in [9.17, 15) is 19.2 Å². The summed E-state index contributed by atoms with van der Waals surface area (Å²) in [6.07, 6.45) is 0. The van der Waals surface area contributed by atoms with Crippen LogP contribution in [0.5, 0.6) is 46.0 Å². The normalized spacial score (nSPS) is 10.7. The molecule has 0 aliphatic rings. The molecule has 4 aromatic carbocycles. The zero-order chi connectivity index (χ0) is 41.5. The molecular formula is C41H44O16. The molecule has 16 heteroatoms. The Morgan fingerprint density at radius 2 is 0.561 bits per heavy atom. The molecular weight excluding hydrogens is 748 g/mol. The molecule has 16 nitrogen and oxygen atoms in total. The van der Waals surface area contributed by atoms with E-state index in [1.165, 1.54) is 105 Å². The van der Waals surface area contributed by atoms with Gasteiger partial charge in [0.2, 0.25) is 0 Å². The van der Waals surface area contributed by atoms with Crippen molar-refractivity contribution in [1.29, 1.82) is 0 Å². The molecule has 57 heavy (non-hydrogen) atoms. The maximum Gasteiger partial charge on any atom is 0.337 e. The van der Waals surface area contributed by atoms with E-state index >= 15 is 0 Å². The first-order chi connectivity index (χ1) is 27.5. The first-order valence-corrected chi connectivity index (χ1v) is 17.1. The molecule has 0 unspecified atom stereocenters. The van der Waals surface area contributed by atoms with Crippen molar-refractivity contribution >= 4 is 23.9 Å². The van der Waals surface area contributed by atoms with Crippen molar-refractivity contribution in [1.82, 2.24) is 0 Å². The van der Waals surface area contributed by atoms with Crippen LogP contribution < -0.4 is 37.9 Å². The first-order valence-electron chi connectivity index (χ1n) is 17.1. The molecule has 0 saturated heterocycles. The van der Waals surface area contributed by atoms with Crippen LogP contribution in [0.2, 0.25) is 0 Å². The Morgan fingerprint density at radius 3 is 0.737 bits per heavy atom. The lowest BCUT2D eigenvalue weighted by atomic mass is 9.91. The SMILES string of the molecule is COC(=O)c1ccc(OCC(COc2ccc(C(=O)OC)cc2OC)(COc2ccc(C(=O)OC)cc2OC)COc2ccc(C(=O)OC)cc2OC)c(OC)c1. The lowest BCUT2D eigenvalue weighted by Gasteiger charge is -2.33. The van der Waals surface area contributed by atoms with Crippen LogP contribution in [0.1, 0.15) is 41.4 Å². The van der Waals surface area contributed by atoms with Crippen LogP contribution in [0.25, 0.3) is 0 Å². The number of carbonyl (C=O) groups is 4. The summed E-state index contributed by atoms with van der Waals surface area (Å²) in [5.74, 6) is -0.333. The highest BCUT2D eigenvalue weighted by atomic mass is 16.6. The van der Waals surface area contributed by atoms with Gasteiger partial charge in [-0.05, 0) is 72.8 Å². The van der Waals surface area contributed by atoms with E-state index in [0.29, 0.717) is 0 Å². The molecule has 0 amide bonds. The minimum absolute atomic E-state index is 0.172. The summed E-state index contributed by atoms with van der Waals surface area (Å²) in [5, 5.41) is 0. The monoisotopic (exact) mass is 792 g/mol. The Hall–Kier alpha value is -6.84. The van der Waals surface area contributed by atoms with Gasteiger partial charge in [-0.2, -0.15) is 0 Å². The predicted octanol–water partition coefficient (Wildman–Crippen LogP) is 5.47. The summed E-state index contributed by atoms with van der Waals surface area (Å²) in [7, 11) is 10.7. The third kappa shape index (κ3) is 10.7. The number of esters is 4. The first kappa shape index (κ1) is 42.9. The number of benzene rings is 4. The van der Waals surface area contributed by atoms with Gasteiger partial charge in [-0.25, -0.2) is 19.2 Å². The van der Waals surface area contributed by atoms with Crippen molar-refractivity contribution in [2.75, 3.05) is 83.3 Å². The van der Waals surface area contributed by atoms with Crippen LogP contribution in [0.3, 0.4) is 0 Å². The second-order valence-corrected chi connectivity index (χ2v) is 12.1. The maximum absolute atomic E-state index is 12.3. The minimum Gasteiger partial charge on any atom is -0.493 e. The minimum atomic E-state index is -1.25. The molecule has 4 aromatic rings. The van der Waals surface area contributed by atoms with Crippen LogP contribution in [0, 0.1) is 5.41 Å². The van der Waals surface area contributed by atoms with Gasteiger partial charge < -0.3 is 56.8 Å². The fraction of sp³-hybridized carbons (Fsp3) is 0.317.